The number of aliphatic hydroxyl groups excluding tert-OH is 1. The lowest BCUT2D eigenvalue weighted by Crippen LogP contribution is -2.31. The molecule has 0 bridgehead atoms. The molecule has 0 aliphatic heterocycles. The number of hydrogen-bond acceptors (Lipinski definition) is 4. The van der Waals surface area contributed by atoms with Gasteiger partial charge >= 0.3 is 0 Å². The van der Waals surface area contributed by atoms with E-state index in [1.54, 1.807) is 12.1 Å². The van der Waals surface area contributed by atoms with E-state index in [1.165, 1.54) is 11.1 Å². The van der Waals surface area contributed by atoms with Gasteiger partial charge in [0, 0.05) is 6.54 Å². The summed E-state index contributed by atoms with van der Waals surface area (Å²) in [4.78, 5) is 0. The Bertz CT molecular complexity index is 964. The summed E-state index contributed by atoms with van der Waals surface area (Å²) in [7, 11) is 0. The van der Waals surface area contributed by atoms with Crippen molar-refractivity contribution in [1.29, 1.82) is 0 Å². The summed E-state index contributed by atoms with van der Waals surface area (Å²) in [5.74, 6) is 0.975. The second-order valence-corrected chi connectivity index (χ2v) is 7.42. The van der Waals surface area contributed by atoms with Gasteiger partial charge in [-0.3, -0.25) is 0 Å². The van der Waals surface area contributed by atoms with Crippen molar-refractivity contribution in [2.75, 3.05) is 19.7 Å². The first kappa shape index (κ1) is 22.6. The van der Waals surface area contributed by atoms with E-state index in [2.05, 4.69) is 36.5 Å². The number of nitrogens with one attached hydrogen (secondary N) is 1. The summed E-state index contributed by atoms with van der Waals surface area (Å²) in [5, 5.41) is 22.8. The predicted octanol–water partition coefficient (Wildman–Crippen LogP) is 5.11. The Balaban J connectivity index is 1.93. The minimum Gasteiger partial charge on any atom is -0.508 e. The first-order valence-electron chi connectivity index (χ1n) is 10.8. The summed E-state index contributed by atoms with van der Waals surface area (Å²) in [6.07, 6.45) is 0.326. The van der Waals surface area contributed by atoms with Gasteiger partial charge in [0.25, 0.3) is 0 Å². The third-order valence-electron chi connectivity index (χ3n) is 5.15. The molecule has 1 unspecified atom stereocenters. The largest absolute Gasteiger partial charge is 0.508 e. The molecule has 1 atom stereocenters. The minimum atomic E-state index is -0.545. The summed E-state index contributed by atoms with van der Waals surface area (Å²) < 4.78 is 5.75. The lowest BCUT2D eigenvalue weighted by atomic mass is 9.88. The molecule has 3 aromatic rings. The Morgan fingerprint density at radius 3 is 2.03 bits per heavy atom. The zero-order valence-electron chi connectivity index (χ0n) is 18.2. The molecular weight excluding hydrogens is 386 g/mol. The molecule has 0 aromatic heterocycles. The number of phenols is 1. The van der Waals surface area contributed by atoms with E-state index in [0.717, 1.165) is 35.4 Å². The van der Waals surface area contributed by atoms with E-state index in [1.807, 2.05) is 49.4 Å². The first-order valence-corrected chi connectivity index (χ1v) is 10.8. The quantitative estimate of drug-likeness (QED) is 0.401. The van der Waals surface area contributed by atoms with Crippen LogP contribution in [0.4, 0.5) is 0 Å². The second-order valence-electron chi connectivity index (χ2n) is 7.42. The van der Waals surface area contributed by atoms with Crippen molar-refractivity contribution in [1.82, 2.24) is 5.32 Å². The Morgan fingerprint density at radius 2 is 1.45 bits per heavy atom. The molecule has 3 aromatic carbocycles. The van der Waals surface area contributed by atoms with Crippen LogP contribution in [-0.2, 0) is 0 Å². The Hall–Kier alpha value is -3.08. The fourth-order valence-electron chi connectivity index (χ4n) is 3.59. The Labute approximate surface area is 184 Å². The standard InChI is InChI=1S/C27H31NO3/c1-3-26(20-8-6-5-7-9-20)27(21-10-14-23(29)15-11-21)22-12-16-25(17-13-22)31-19-24(30)18-28-4-2/h5-17,24,28-30H,3-4,18-19H2,1-2H3. The number of benzene rings is 3. The van der Waals surface area contributed by atoms with Crippen LogP contribution in [0, 0.1) is 0 Å². The maximum absolute atomic E-state index is 9.97. The molecule has 3 N–H and O–H groups in total. The van der Waals surface area contributed by atoms with Gasteiger partial charge in [-0.15, -0.1) is 0 Å². The highest BCUT2D eigenvalue weighted by Gasteiger charge is 2.13. The fourth-order valence-corrected chi connectivity index (χ4v) is 3.59. The maximum Gasteiger partial charge on any atom is 0.119 e. The number of aliphatic hydroxyl groups is 1. The van der Waals surface area contributed by atoms with Crippen molar-refractivity contribution in [3.63, 3.8) is 0 Å². The molecule has 0 saturated carbocycles. The number of allylic oxidation sites excluding steroid dienone is 1. The average molecular weight is 418 g/mol. The third kappa shape index (κ3) is 6.20. The molecule has 31 heavy (non-hydrogen) atoms. The average Bonchev–Trinajstić information content (AvgIpc) is 2.81. The second kappa shape index (κ2) is 11.3. The van der Waals surface area contributed by atoms with Gasteiger partial charge in [0.05, 0.1) is 0 Å². The van der Waals surface area contributed by atoms with Gasteiger partial charge in [-0.25, -0.2) is 0 Å². The topological polar surface area (TPSA) is 61.7 Å². The molecule has 0 radical (unpaired) electrons. The van der Waals surface area contributed by atoms with Gasteiger partial charge in [-0.05, 0) is 65.1 Å². The van der Waals surface area contributed by atoms with Crippen LogP contribution in [0.25, 0.3) is 11.1 Å². The van der Waals surface area contributed by atoms with Crippen molar-refractivity contribution >= 4 is 11.1 Å². The molecule has 4 heteroatoms. The van der Waals surface area contributed by atoms with Crippen molar-refractivity contribution in [3.8, 4) is 11.5 Å². The smallest absolute Gasteiger partial charge is 0.119 e. The number of phenolic OH excluding ortho intramolecular Hbond substituents is 1. The number of rotatable bonds is 10. The van der Waals surface area contributed by atoms with Crippen LogP contribution >= 0.6 is 0 Å². The van der Waals surface area contributed by atoms with Crippen molar-refractivity contribution in [2.24, 2.45) is 0 Å². The SMILES string of the molecule is CCNCC(O)COc1ccc(C(=C(CC)c2ccccc2)c2ccc(O)cc2)cc1. The van der Waals surface area contributed by atoms with Gasteiger partial charge in [-0.2, -0.15) is 0 Å². The zero-order chi connectivity index (χ0) is 22.1. The molecule has 0 amide bonds. The van der Waals surface area contributed by atoms with Gasteiger partial charge < -0.3 is 20.3 Å². The highest BCUT2D eigenvalue weighted by Crippen LogP contribution is 2.35. The van der Waals surface area contributed by atoms with E-state index < -0.39 is 6.10 Å². The molecule has 0 saturated heterocycles. The molecule has 162 valence electrons. The Morgan fingerprint density at radius 1 is 0.839 bits per heavy atom. The molecule has 0 spiro atoms. The van der Waals surface area contributed by atoms with E-state index in [9.17, 15) is 10.2 Å². The summed E-state index contributed by atoms with van der Waals surface area (Å²) in [6.45, 7) is 5.74. The lowest BCUT2D eigenvalue weighted by molar-refractivity contribution is 0.107. The van der Waals surface area contributed by atoms with Crippen molar-refractivity contribution < 1.29 is 14.9 Å². The van der Waals surface area contributed by atoms with Crippen molar-refractivity contribution in [2.45, 2.75) is 26.4 Å². The van der Waals surface area contributed by atoms with E-state index in [4.69, 9.17) is 4.74 Å². The van der Waals surface area contributed by atoms with Crippen LogP contribution in [-0.4, -0.2) is 36.0 Å². The number of aromatic hydroxyl groups is 1. The van der Waals surface area contributed by atoms with E-state index in [-0.39, 0.29) is 12.4 Å². The highest BCUT2D eigenvalue weighted by atomic mass is 16.5. The highest BCUT2D eigenvalue weighted by molar-refractivity contribution is 5.98. The van der Waals surface area contributed by atoms with Crippen LogP contribution in [0.2, 0.25) is 0 Å². The molecule has 0 heterocycles. The molecule has 3 rings (SSSR count). The normalized spacial score (nSPS) is 12.9. The summed E-state index contributed by atoms with van der Waals surface area (Å²) in [6, 6.07) is 25.7. The first-order chi connectivity index (χ1) is 15.1. The monoisotopic (exact) mass is 417 g/mol. The molecule has 0 fully saturated rings. The van der Waals surface area contributed by atoms with Crippen LogP contribution in [0.3, 0.4) is 0 Å². The zero-order valence-corrected chi connectivity index (χ0v) is 18.2. The van der Waals surface area contributed by atoms with Gasteiger partial charge in [0.2, 0.25) is 0 Å². The lowest BCUT2D eigenvalue weighted by Gasteiger charge is -2.17. The van der Waals surface area contributed by atoms with Gasteiger partial charge in [-0.1, -0.05) is 68.4 Å². The minimum absolute atomic E-state index is 0.247. The van der Waals surface area contributed by atoms with Crippen LogP contribution < -0.4 is 10.1 Å². The summed E-state index contributed by atoms with van der Waals surface area (Å²) in [5.41, 5.74) is 5.67. The number of ether oxygens (including phenoxy) is 1. The van der Waals surface area contributed by atoms with Gasteiger partial charge in [0.15, 0.2) is 0 Å². The molecular formula is C27H31NO3. The predicted molar refractivity (Wildman–Crippen MR) is 127 cm³/mol. The van der Waals surface area contributed by atoms with Crippen molar-refractivity contribution in [3.05, 3.63) is 95.6 Å². The number of likely N-dealkylation sites (N-methyl/N-ethyl adjacent to an activating group) is 1. The van der Waals surface area contributed by atoms with Crippen LogP contribution in [0.1, 0.15) is 37.0 Å². The van der Waals surface area contributed by atoms with Crippen LogP contribution in [0.15, 0.2) is 78.9 Å². The van der Waals surface area contributed by atoms with Gasteiger partial charge in [0.1, 0.15) is 24.2 Å². The van der Waals surface area contributed by atoms with Crippen LogP contribution in [0.5, 0.6) is 11.5 Å². The fraction of sp³-hybridized carbons (Fsp3) is 0.259. The Kier molecular flexibility index (Phi) is 8.27. The number of hydrogen-bond donors (Lipinski definition) is 3. The summed E-state index contributed by atoms with van der Waals surface area (Å²) >= 11 is 0. The molecule has 4 nitrogen and oxygen atoms in total. The molecule has 0 aliphatic rings. The third-order valence-corrected chi connectivity index (χ3v) is 5.15. The maximum atomic E-state index is 9.97. The molecule has 0 aliphatic carbocycles. The van der Waals surface area contributed by atoms with E-state index in [0.29, 0.717) is 6.54 Å². The van der Waals surface area contributed by atoms with E-state index >= 15 is 0 Å².